The molecule has 3 rings (SSSR count). The molecule has 0 bridgehead atoms. The van der Waals surface area contributed by atoms with Gasteiger partial charge >= 0.3 is 0 Å². The van der Waals surface area contributed by atoms with E-state index >= 15 is 0 Å². The fraction of sp³-hybridized carbons (Fsp3) is 0.500. The number of methoxy groups -OCH3 is 1. The van der Waals surface area contributed by atoms with E-state index in [-0.39, 0.29) is 24.0 Å². The number of carbonyl (C=O) groups excluding carboxylic acids is 1. The van der Waals surface area contributed by atoms with E-state index in [9.17, 15) is 13.6 Å². The van der Waals surface area contributed by atoms with Crippen molar-refractivity contribution in [1.82, 2.24) is 19.3 Å². The molecule has 7 nitrogen and oxygen atoms in total. The Bertz CT molecular complexity index is 704. The Kier molecular flexibility index (Phi) is 4.49. The Morgan fingerprint density at radius 2 is 2.39 bits per heavy atom. The standard InChI is InChI=1S/C14H16F2N4O3/c1-22-7-9-8-23-5-4-19(9)14(21)12-11(13(15)16)18-10-6-17-2-3-20(10)12/h2-3,6,9,13H,4-5,7-8H2,1H3. The fourth-order valence-electron chi connectivity index (χ4n) is 2.68. The predicted octanol–water partition coefficient (Wildman–Crippen LogP) is 1.15. The monoisotopic (exact) mass is 326 g/mol. The van der Waals surface area contributed by atoms with Crippen molar-refractivity contribution in [2.24, 2.45) is 0 Å². The van der Waals surface area contributed by atoms with Crippen molar-refractivity contribution < 1.29 is 23.0 Å². The molecule has 1 atom stereocenters. The SMILES string of the molecule is COCC1COCCN1C(=O)c1c(C(F)F)nc2cnccn12. The van der Waals surface area contributed by atoms with Crippen molar-refractivity contribution in [2.45, 2.75) is 12.5 Å². The average Bonchev–Trinajstić information content (AvgIpc) is 2.95. The van der Waals surface area contributed by atoms with Crippen LogP contribution in [0.4, 0.5) is 8.78 Å². The highest BCUT2D eigenvalue weighted by molar-refractivity contribution is 5.95. The minimum absolute atomic E-state index is 0.139. The maximum Gasteiger partial charge on any atom is 0.282 e. The zero-order valence-corrected chi connectivity index (χ0v) is 12.5. The van der Waals surface area contributed by atoms with E-state index < -0.39 is 18.0 Å². The molecule has 1 amide bonds. The summed E-state index contributed by atoms with van der Waals surface area (Å²) >= 11 is 0. The molecule has 1 saturated heterocycles. The number of hydrogen-bond acceptors (Lipinski definition) is 5. The number of hydrogen-bond donors (Lipinski definition) is 0. The minimum Gasteiger partial charge on any atom is -0.382 e. The number of carbonyl (C=O) groups is 1. The summed E-state index contributed by atoms with van der Waals surface area (Å²) in [5.41, 5.74) is -0.464. The smallest absolute Gasteiger partial charge is 0.282 e. The predicted molar refractivity (Wildman–Crippen MR) is 75.5 cm³/mol. The van der Waals surface area contributed by atoms with Gasteiger partial charge in [0.25, 0.3) is 12.3 Å². The molecular weight excluding hydrogens is 310 g/mol. The average molecular weight is 326 g/mol. The number of fused-ring (bicyclic) bond motifs is 1. The Balaban J connectivity index is 2.04. The summed E-state index contributed by atoms with van der Waals surface area (Å²) in [7, 11) is 1.52. The maximum atomic E-state index is 13.3. The zero-order chi connectivity index (χ0) is 16.4. The second-order valence-electron chi connectivity index (χ2n) is 5.13. The van der Waals surface area contributed by atoms with Crippen LogP contribution in [-0.2, 0) is 9.47 Å². The summed E-state index contributed by atoms with van der Waals surface area (Å²) in [6, 6.07) is -0.320. The Labute approximate surface area is 130 Å². The molecule has 1 aliphatic heterocycles. The number of ether oxygens (including phenoxy) is 2. The van der Waals surface area contributed by atoms with Crippen LogP contribution in [0, 0.1) is 0 Å². The van der Waals surface area contributed by atoms with E-state index in [1.54, 1.807) is 0 Å². The third-order valence-corrected chi connectivity index (χ3v) is 3.71. The van der Waals surface area contributed by atoms with Crippen LogP contribution in [0.25, 0.3) is 5.65 Å². The molecule has 0 aliphatic carbocycles. The highest BCUT2D eigenvalue weighted by atomic mass is 19.3. The third kappa shape index (κ3) is 2.89. The number of morpholine rings is 1. The van der Waals surface area contributed by atoms with Gasteiger partial charge in [0.1, 0.15) is 11.4 Å². The van der Waals surface area contributed by atoms with E-state index in [0.29, 0.717) is 19.8 Å². The van der Waals surface area contributed by atoms with E-state index in [1.807, 2.05) is 0 Å². The first-order valence-electron chi connectivity index (χ1n) is 7.11. The maximum absolute atomic E-state index is 13.3. The van der Waals surface area contributed by atoms with E-state index in [4.69, 9.17) is 9.47 Å². The van der Waals surface area contributed by atoms with Crippen molar-refractivity contribution in [3.05, 3.63) is 30.0 Å². The topological polar surface area (TPSA) is 69.0 Å². The molecule has 2 aromatic heterocycles. The van der Waals surface area contributed by atoms with Gasteiger partial charge in [-0.05, 0) is 0 Å². The van der Waals surface area contributed by atoms with Crippen molar-refractivity contribution in [2.75, 3.05) is 33.5 Å². The lowest BCUT2D eigenvalue weighted by molar-refractivity contribution is -0.0256. The highest BCUT2D eigenvalue weighted by Gasteiger charge is 2.33. The molecule has 9 heteroatoms. The molecule has 3 heterocycles. The lowest BCUT2D eigenvalue weighted by Crippen LogP contribution is -2.51. The van der Waals surface area contributed by atoms with Crippen LogP contribution in [0.3, 0.4) is 0 Å². The van der Waals surface area contributed by atoms with Gasteiger partial charge < -0.3 is 14.4 Å². The number of nitrogens with zero attached hydrogens (tertiary/aromatic N) is 4. The molecular formula is C14H16F2N4O3. The molecule has 1 fully saturated rings. The Morgan fingerprint density at radius 3 is 3.13 bits per heavy atom. The van der Waals surface area contributed by atoms with Gasteiger partial charge in [-0.2, -0.15) is 0 Å². The van der Waals surface area contributed by atoms with Crippen molar-refractivity contribution in [1.29, 1.82) is 0 Å². The van der Waals surface area contributed by atoms with E-state index in [0.717, 1.165) is 0 Å². The van der Waals surface area contributed by atoms with Gasteiger partial charge in [-0.1, -0.05) is 0 Å². The summed E-state index contributed by atoms with van der Waals surface area (Å²) in [5.74, 6) is -0.510. The van der Waals surface area contributed by atoms with Crippen LogP contribution in [0.5, 0.6) is 0 Å². The number of aromatic nitrogens is 3. The molecule has 124 valence electrons. The van der Waals surface area contributed by atoms with Gasteiger partial charge in [-0.3, -0.25) is 14.2 Å². The molecule has 0 spiro atoms. The van der Waals surface area contributed by atoms with Gasteiger partial charge in [-0.15, -0.1) is 0 Å². The number of rotatable bonds is 4. The van der Waals surface area contributed by atoms with Gasteiger partial charge in [0.2, 0.25) is 0 Å². The first-order chi connectivity index (χ1) is 11.1. The highest BCUT2D eigenvalue weighted by Crippen LogP contribution is 2.25. The van der Waals surface area contributed by atoms with E-state index in [2.05, 4.69) is 9.97 Å². The number of alkyl halides is 2. The molecule has 23 heavy (non-hydrogen) atoms. The minimum atomic E-state index is -2.85. The molecule has 1 unspecified atom stereocenters. The van der Waals surface area contributed by atoms with Crippen molar-refractivity contribution >= 4 is 11.6 Å². The van der Waals surface area contributed by atoms with Crippen LogP contribution >= 0.6 is 0 Å². The summed E-state index contributed by atoms with van der Waals surface area (Å²) in [6.07, 6.45) is 1.37. The fourth-order valence-corrected chi connectivity index (χ4v) is 2.68. The summed E-state index contributed by atoms with van der Waals surface area (Å²) in [6.45, 7) is 1.25. The van der Waals surface area contributed by atoms with Gasteiger partial charge in [-0.25, -0.2) is 13.8 Å². The van der Waals surface area contributed by atoms with Gasteiger partial charge in [0.05, 0.1) is 32.1 Å². The Hall–Kier alpha value is -2.13. The summed E-state index contributed by atoms with van der Waals surface area (Å²) in [4.78, 5) is 22.1. The normalized spacial score (nSPS) is 18.8. The zero-order valence-electron chi connectivity index (χ0n) is 12.5. The molecule has 0 saturated carbocycles. The molecule has 1 aliphatic rings. The summed E-state index contributed by atoms with van der Waals surface area (Å²) in [5, 5.41) is 0. The lowest BCUT2D eigenvalue weighted by atomic mass is 10.2. The second kappa shape index (κ2) is 6.55. The Morgan fingerprint density at radius 1 is 1.57 bits per heavy atom. The largest absolute Gasteiger partial charge is 0.382 e. The molecule has 0 radical (unpaired) electrons. The van der Waals surface area contributed by atoms with Crippen LogP contribution < -0.4 is 0 Å². The first-order valence-corrected chi connectivity index (χ1v) is 7.11. The second-order valence-corrected chi connectivity index (χ2v) is 5.13. The van der Waals surface area contributed by atoms with Crippen LogP contribution in [0.15, 0.2) is 18.6 Å². The third-order valence-electron chi connectivity index (χ3n) is 3.71. The number of halogens is 2. The number of amides is 1. The molecule has 0 aromatic carbocycles. The lowest BCUT2D eigenvalue weighted by Gasteiger charge is -2.35. The quantitative estimate of drug-likeness (QED) is 0.843. The van der Waals surface area contributed by atoms with E-state index in [1.165, 1.54) is 35.0 Å². The first kappa shape index (κ1) is 15.8. The van der Waals surface area contributed by atoms with Gasteiger partial charge in [0, 0.05) is 26.0 Å². The molecule has 0 N–H and O–H groups in total. The number of imidazole rings is 1. The van der Waals surface area contributed by atoms with Crippen LogP contribution in [0.2, 0.25) is 0 Å². The van der Waals surface area contributed by atoms with Crippen LogP contribution in [0.1, 0.15) is 22.6 Å². The van der Waals surface area contributed by atoms with Crippen LogP contribution in [-0.4, -0.2) is 64.7 Å². The molecule has 2 aromatic rings. The van der Waals surface area contributed by atoms with Gasteiger partial charge in [0.15, 0.2) is 5.65 Å². The van der Waals surface area contributed by atoms with Crippen molar-refractivity contribution in [3.63, 3.8) is 0 Å². The van der Waals surface area contributed by atoms with Crippen molar-refractivity contribution in [3.8, 4) is 0 Å². The summed E-state index contributed by atoms with van der Waals surface area (Å²) < 4.78 is 38.4.